The van der Waals surface area contributed by atoms with E-state index in [1.54, 1.807) is 0 Å². The second-order valence-electron chi connectivity index (χ2n) is 6.39. The summed E-state index contributed by atoms with van der Waals surface area (Å²) in [5, 5.41) is 0. The zero-order valence-electron chi connectivity index (χ0n) is 14.1. The fourth-order valence-electron chi connectivity index (χ4n) is 3.55. The van der Waals surface area contributed by atoms with E-state index < -0.39 is 0 Å². The van der Waals surface area contributed by atoms with Crippen molar-refractivity contribution in [3.05, 3.63) is 34.9 Å². The third-order valence-corrected chi connectivity index (χ3v) is 5.10. The van der Waals surface area contributed by atoms with Gasteiger partial charge in [-0.2, -0.15) is 0 Å². The molecule has 0 saturated carbocycles. The summed E-state index contributed by atoms with van der Waals surface area (Å²) in [5.41, 5.74) is 10.3. The summed E-state index contributed by atoms with van der Waals surface area (Å²) in [6.45, 7) is 14.3. The quantitative estimate of drug-likeness (QED) is 0.904. The summed E-state index contributed by atoms with van der Waals surface area (Å²) in [7, 11) is 0. The van der Waals surface area contributed by atoms with Crippen LogP contribution in [0.25, 0.3) is 0 Å². The van der Waals surface area contributed by atoms with Crippen LogP contribution >= 0.6 is 0 Å². The van der Waals surface area contributed by atoms with Crippen molar-refractivity contribution in [2.45, 2.75) is 46.2 Å². The fraction of sp³-hybridized carbons (Fsp3) is 0.667. The van der Waals surface area contributed by atoms with Crippen molar-refractivity contribution in [1.29, 1.82) is 0 Å². The van der Waals surface area contributed by atoms with E-state index >= 15 is 0 Å². The van der Waals surface area contributed by atoms with Crippen LogP contribution in [0.2, 0.25) is 0 Å². The molecule has 1 heterocycles. The van der Waals surface area contributed by atoms with Gasteiger partial charge in [-0.3, -0.25) is 9.80 Å². The van der Waals surface area contributed by atoms with Crippen molar-refractivity contribution in [3.8, 4) is 0 Å². The standard InChI is InChI=1S/C18H31N3/c1-5-16(4)20-9-11-21(12-10-20)17(13-19)18-14(2)7-6-8-15(18)3/h6-8,16-17H,5,9-13,19H2,1-4H3. The van der Waals surface area contributed by atoms with Crippen molar-refractivity contribution in [3.63, 3.8) is 0 Å². The fourth-order valence-corrected chi connectivity index (χ4v) is 3.55. The first-order chi connectivity index (χ1) is 10.1. The number of piperazine rings is 1. The highest BCUT2D eigenvalue weighted by Gasteiger charge is 2.27. The topological polar surface area (TPSA) is 32.5 Å². The first-order valence-corrected chi connectivity index (χ1v) is 8.32. The van der Waals surface area contributed by atoms with Gasteiger partial charge in [-0.25, -0.2) is 0 Å². The van der Waals surface area contributed by atoms with Crippen LogP contribution in [0.4, 0.5) is 0 Å². The van der Waals surface area contributed by atoms with Crippen molar-refractivity contribution < 1.29 is 0 Å². The molecule has 1 aliphatic rings. The Labute approximate surface area is 130 Å². The summed E-state index contributed by atoms with van der Waals surface area (Å²) in [5.74, 6) is 0. The molecule has 3 nitrogen and oxygen atoms in total. The van der Waals surface area contributed by atoms with Gasteiger partial charge in [0, 0.05) is 44.8 Å². The molecule has 1 aliphatic heterocycles. The van der Waals surface area contributed by atoms with E-state index in [0.717, 1.165) is 26.2 Å². The SMILES string of the molecule is CCC(C)N1CCN(C(CN)c2c(C)cccc2C)CC1. The first-order valence-electron chi connectivity index (χ1n) is 8.32. The van der Waals surface area contributed by atoms with Gasteiger partial charge >= 0.3 is 0 Å². The molecule has 0 amide bonds. The predicted molar refractivity (Wildman–Crippen MR) is 90.6 cm³/mol. The molecule has 1 saturated heterocycles. The smallest absolute Gasteiger partial charge is 0.0476 e. The minimum Gasteiger partial charge on any atom is -0.329 e. The predicted octanol–water partition coefficient (Wildman–Crippen LogP) is 2.72. The molecule has 0 bridgehead atoms. The number of nitrogens with zero attached hydrogens (tertiary/aromatic N) is 2. The van der Waals surface area contributed by atoms with Crippen LogP contribution in [0, 0.1) is 13.8 Å². The Kier molecular flexibility index (Phi) is 5.80. The van der Waals surface area contributed by atoms with Crippen molar-refractivity contribution in [1.82, 2.24) is 9.80 Å². The van der Waals surface area contributed by atoms with Gasteiger partial charge in [0.15, 0.2) is 0 Å². The maximum absolute atomic E-state index is 6.14. The van der Waals surface area contributed by atoms with Crippen molar-refractivity contribution >= 4 is 0 Å². The van der Waals surface area contributed by atoms with E-state index in [1.807, 2.05) is 0 Å². The van der Waals surface area contributed by atoms with E-state index in [9.17, 15) is 0 Å². The summed E-state index contributed by atoms with van der Waals surface area (Å²) < 4.78 is 0. The minimum atomic E-state index is 0.366. The normalized spacial score (nSPS) is 20.4. The van der Waals surface area contributed by atoms with E-state index in [-0.39, 0.29) is 0 Å². The lowest BCUT2D eigenvalue weighted by molar-refractivity contribution is 0.0740. The monoisotopic (exact) mass is 289 g/mol. The zero-order chi connectivity index (χ0) is 15.4. The van der Waals surface area contributed by atoms with Crippen LogP contribution in [0.3, 0.4) is 0 Å². The average molecular weight is 289 g/mol. The minimum absolute atomic E-state index is 0.366. The molecule has 1 aromatic carbocycles. The lowest BCUT2D eigenvalue weighted by Gasteiger charge is -2.42. The molecule has 0 spiro atoms. The zero-order valence-corrected chi connectivity index (χ0v) is 14.1. The Morgan fingerprint density at radius 2 is 1.57 bits per heavy atom. The number of nitrogens with two attached hydrogens (primary N) is 1. The van der Waals surface area contributed by atoms with E-state index in [0.29, 0.717) is 18.6 Å². The summed E-state index contributed by atoms with van der Waals surface area (Å²) in [6, 6.07) is 7.62. The number of hydrogen-bond donors (Lipinski definition) is 1. The largest absolute Gasteiger partial charge is 0.329 e. The van der Waals surface area contributed by atoms with E-state index in [1.165, 1.54) is 23.1 Å². The van der Waals surface area contributed by atoms with Crippen LogP contribution < -0.4 is 5.73 Å². The molecule has 1 fully saturated rings. The Morgan fingerprint density at radius 3 is 2.05 bits per heavy atom. The van der Waals surface area contributed by atoms with Gasteiger partial charge in [-0.1, -0.05) is 25.1 Å². The highest BCUT2D eigenvalue weighted by atomic mass is 15.3. The van der Waals surface area contributed by atoms with Crippen LogP contribution in [0.15, 0.2) is 18.2 Å². The van der Waals surface area contributed by atoms with E-state index in [4.69, 9.17) is 5.73 Å². The molecular formula is C18H31N3. The lowest BCUT2D eigenvalue weighted by atomic mass is 9.94. The lowest BCUT2D eigenvalue weighted by Crippen LogP contribution is -2.51. The Balaban J connectivity index is 2.10. The summed E-state index contributed by atoms with van der Waals surface area (Å²) in [4.78, 5) is 5.18. The Bertz CT molecular complexity index is 430. The maximum atomic E-state index is 6.14. The van der Waals surface area contributed by atoms with Crippen LogP contribution in [0.1, 0.15) is 43.0 Å². The highest BCUT2D eigenvalue weighted by Crippen LogP contribution is 2.27. The number of rotatable bonds is 5. The average Bonchev–Trinajstić information content (AvgIpc) is 2.50. The van der Waals surface area contributed by atoms with Gasteiger partial charge in [0.2, 0.25) is 0 Å². The van der Waals surface area contributed by atoms with Gasteiger partial charge in [-0.05, 0) is 43.9 Å². The van der Waals surface area contributed by atoms with Crippen LogP contribution in [-0.4, -0.2) is 48.6 Å². The number of aryl methyl sites for hydroxylation is 2. The van der Waals surface area contributed by atoms with Crippen molar-refractivity contribution in [2.24, 2.45) is 5.73 Å². The molecule has 2 rings (SSSR count). The van der Waals surface area contributed by atoms with Crippen molar-refractivity contribution in [2.75, 3.05) is 32.7 Å². The molecule has 21 heavy (non-hydrogen) atoms. The highest BCUT2D eigenvalue weighted by molar-refractivity contribution is 5.36. The van der Waals surface area contributed by atoms with Gasteiger partial charge < -0.3 is 5.73 Å². The second-order valence-corrected chi connectivity index (χ2v) is 6.39. The Hall–Kier alpha value is -0.900. The molecular weight excluding hydrogens is 258 g/mol. The Morgan fingerprint density at radius 1 is 1.05 bits per heavy atom. The molecule has 2 N–H and O–H groups in total. The van der Waals surface area contributed by atoms with Crippen LogP contribution in [0.5, 0.6) is 0 Å². The summed E-state index contributed by atoms with van der Waals surface area (Å²) >= 11 is 0. The first kappa shape index (κ1) is 16.5. The molecule has 2 unspecified atom stereocenters. The van der Waals surface area contributed by atoms with Gasteiger partial charge in [0.25, 0.3) is 0 Å². The molecule has 118 valence electrons. The van der Waals surface area contributed by atoms with Gasteiger partial charge in [0.1, 0.15) is 0 Å². The number of hydrogen-bond acceptors (Lipinski definition) is 3. The molecule has 2 atom stereocenters. The third-order valence-electron chi connectivity index (χ3n) is 5.10. The maximum Gasteiger partial charge on any atom is 0.0476 e. The van der Waals surface area contributed by atoms with Gasteiger partial charge in [0.05, 0.1) is 0 Å². The molecule has 0 aliphatic carbocycles. The third kappa shape index (κ3) is 3.65. The summed E-state index contributed by atoms with van der Waals surface area (Å²) in [6.07, 6.45) is 1.23. The molecule has 0 radical (unpaired) electrons. The molecule has 0 aromatic heterocycles. The van der Waals surface area contributed by atoms with Gasteiger partial charge in [-0.15, -0.1) is 0 Å². The number of benzene rings is 1. The molecule has 3 heteroatoms. The molecule has 1 aromatic rings. The van der Waals surface area contributed by atoms with Crippen LogP contribution in [-0.2, 0) is 0 Å². The second kappa shape index (κ2) is 7.39. The van der Waals surface area contributed by atoms with E-state index in [2.05, 4.69) is 55.7 Å².